The quantitative estimate of drug-likeness (QED) is 0.381. The first-order chi connectivity index (χ1) is 14.3. The van der Waals surface area contributed by atoms with Crippen LogP contribution in [0.3, 0.4) is 0 Å². The molecule has 0 aliphatic heterocycles. The summed E-state index contributed by atoms with van der Waals surface area (Å²) in [6.45, 7) is 5.57. The van der Waals surface area contributed by atoms with Crippen molar-refractivity contribution in [1.82, 2.24) is 10.1 Å². The molecular formula is C22H18N4O4. The van der Waals surface area contributed by atoms with Crippen LogP contribution in [-0.4, -0.2) is 21.0 Å². The van der Waals surface area contributed by atoms with E-state index in [1.54, 1.807) is 25.1 Å². The third kappa shape index (κ3) is 3.39. The van der Waals surface area contributed by atoms with Gasteiger partial charge in [-0.25, -0.2) is 4.98 Å². The molecule has 0 bridgehead atoms. The molecule has 8 nitrogen and oxygen atoms in total. The Morgan fingerprint density at radius 3 is 2.47 bits per heavy atom. The molecule has 4 aromatic rings. The fourth-order valence-corrected chi connectivity index (χ4v) is 3.39. The number of hydrogen-bond donors (Lipinski definition) is 1. The van der Waals surface area contributed by atoms with Gasteiger partial charge in [-0.3, -0.25) is 14.9 Å². The molecule has 8 heteroatoms. The van der Waals surface area contributed by atoms with Crippen LogP contribution in [0.15, 0.2) is 53.1 Å². The molecule has 0 aliphatic rings. The van der Waals surface area contributed by atoms with E-state index in [-0.39, 0.29) is 17.3 Å². The molecule has 4 rings (SSSR count). The number of para-hydroxylation sites is 1. The van der Waals surface area contributed by atoms with Crippen LogP contribution >= 0.6 is 0 Å². The van der Waals surface area contributed by atoms with Gasteiger partial charge in [0.25, 0.3) is 17.3 Å². The van der Waals surface area contributed by atoms with E-state index in [0.29, 0.717) is 27.9 Å². The Balaban J connectivity index is 1.85. The van der Waals surface area contributed by atoms with Crippen LogP contribution in [0.1, 0.15) is 27.2 Å². The molecule has 0 spiro atoms. The number of aryl methyl sites for hydroxylation is 3. The fraction of sp³-hybridized carbons (Fsp3) is 0.136. The average molecular weight is 402 g/mol. The number of carbonyl (C=O) groups excluding carboxylic acids is 1. The highest BCUT2D eigenvalue weighted by Gasteiger charge is 2.21. The maximum atomic E-state index is 13.2. The van der Waals surface area contributed by atoms with Crippen molar-refractivity contribution in [2.75, 3.05) is 5.32 Å². The number of pyridine rings is 1. The van der Waals surface area contributed by atoms with Crippen LogP contribution in [0.4, 0.5) is 11.4 Å². The van der Waals surface area contributed by atoms with E-state index in [2.05, 4.69) is 15.5 Å². The molecule has 0 unspecified atom stereocenters. The van der Waals surface area contributed by atoms with Crippen molar-refractivity contribution in [3.63, 3.8) is 0 Å². The van der Waals surface area contributed by atoms with Crippen LogP contribution in [-0.2, 0) is 0 Å². The monoisotopic (exact) mass is 402 g/mol. The van der Waals surface area contributed by atoms with Crippen LogP contribution in [0.25, 0.3) is 22.4 Å². The molecule has 2 aromatic carbocycles. The molecule has 1 N–H and O–H groups in total. The van der Waals surface area contributed by atoms with Gasteiger partial charge in [0.05, 0.1) is 27.3 Å². The number of benzene rings is 2. The summed E-state index contributed by atoms with van der Waals surface area (Å²) in [5.74, 6) is -0.335. The van der Waals surface area contributed by atoms with Gasteiger partial charge >= 0.3 is 0 Å². The summed E-state index contributed by atoms with van der Waals surface area (Å²) in [5, 5.41) is 18.5. The first-order valence-electron chi connectivity index (χ1n) is 9.24. The summed E-state index contributed by atoms with van der Waals surface area (Å²) < 4.78 is 5.30. The summed E-state index contributed by atoms with van der Waals surface area (Å²) in [7, 11) is 0. The molecule has 150 valence electrons. The summed E-state index contributed by atoms with van der Waals surface area (Å²) in [6, 6.07) is 13.4. The second kappa shape index (κ2) is 7.40. The highest BCUT2D eigenvalue weighted by molar-refractivity contribution is 6.13. The molecule has 1 amide bonds. The van der Waals surface area contributed by atoms with Crippen molar-refractivity contribution in [3.8, 4) is 11.3 Å². The van der Waals surface area contributed by atoms with Gasteiger partial charge in [-0.2, -0.15) is 0 Å². The lowest BCUT2D eigenvalue weighted by Crippen LogP contribution is -2.15. The van der Waals surface area contributed by atoms with E-state index in [1.807, 2.05) is 32.0 Å². The lowest BCUT2D eigenvalue weighted by molar-refractivity contribution is -0.384. The maximum Gasteiger partial charge on any atom is 0.270 e. The average Bonchev–Trinajstić information content (AvgIpc) is 3.11. The van der Waals surface area contributed by atoms with Gasteiger partial charge in [0.1, 0.15) is 0 Å². The minimum Gasteiger partial charge on any atom is -0.335 e. The van der Waals surface area contributed by atoms with Crippen molar-refractivity contribution in [1.29, 1.82) is 0 Å². The largest absolute Gasteiger partial charge is 0.335 e. The number of hydrogen-bond acceptors (Lipinski definition) is 6. The lowest BCUT2D eigenvalue weighted by Gasteiger charge is -2.12. The van der Waals surface area contributed by atoms with Crippen molar-refractivity contribution >= 4 is 28.4 Å². The molecule has 2 heterocycles. The zero-order valence-corrected chi connectivity index (χ0v) is 16.6. The standard InChI is InChI=1S/C22H18N4O4/c1-12-6-4-7-13(2)20(12)24-21(27)17-11-18(23-22-19(17)14(3)25-30-22)15-8-5-9-16(10-15)26(28)29/h4-11H,1-3H3,(H,24,27). The molecule has 0 atom stereocenters. The van der Waals surface area contributed by atoms with E-state index >= 15 is 0 Å². The molecular weight excluding hydrogens is 384 g/mol. The van der Waals surface area contributed by atoms with Gasteiger partial charge in [0.2, 0.25) is 0 Å². The first-order valence-corrected chi connectivity index (χ1v) is 9.24. The number of amides is 1. The third-order valence-electron chi connectivity index (χ3n) is 4.93. The summed E-state index contributed by atoms with van der Waals surface area (Å²) >= 11 is 0. The summed E-state index contributed by atoms with van der Waals surface area (Å²) in [5.41, 5.74) is 4.50. The Hall–Kier alpha value is -4.07. The molecule has 0 radical (unpaired) electrons. The van der Waals surface area contributed by atoms with E-state index < -0.39 is 4.92 Å². The first kappa shape index (κ1) is 19.3. The van der Waals surface area contributed by atoms with Gasteiger partial charge in [-0.1, -0.05) is 35.5 Å². The zero-order chi connectivity index (χ0) is 21.4. The number of aromatic nitrogens is 2. The Morgan fingerprint density at radius 2 is 1.77 bits per heavy atom. The molecule has 30 heavy (non-hydrogen) atoms. The lowest BCUT2D eigenvalue weighted by atomic mass is 10.0. The predicted octanol–water partition coefficient (Wildman–Crippen LogP) is 4.98. The minimum absolute atomic E-state index is 0.0651. The van der Waals surface area contributed by atoms with E-state index in [9.17, 15) is 14.9 Å². The van der Waals surface area contributed by atoms with Gasteiger partial charge in [-0.05, 0) is 38.0 Å². The maximum absolute atomic E-state index is 13.2. The van der Waals surface area contributed by atoms with Crippen LogP contribution < -0.4 is 5.32 Å². The van der Waals surface area contributed by atoms with Crippen LogP contribution in [0, 0.1) is 30.9 Å². The Bertz CT molecular complexity index is 1290. The minimum atomic E-state index is -0.477. The number of carbonyl (C=O) groups is 1. The SMILES string of the molecule is Cc1cccc(C)c1NC(=O)c1cc(-c2cccc([N+](=O)[O-])c2)nc2onc(C)c12. The Kier molecular flexibility index (Phi) is 4.75. The molecule has 0 saturated heterocycles. The highest BCUT2D eigenvalue weighted by atomic mass is 16.6. The normalized spacial score (nSPS) is 10.9. The van der Waals surface area contributed by atoms with Crippen molar-refractivity contribution in [3.05, 3.63) is 81.0 Å². The number of non-ortho nitro benzene ring substituents is 1. The number of anilines is 1. The van der Waals surface area contributed by atoms with Crippen LogP contribution in [0.5, 0.6) is 0 Å². The number of nitro groups is 1. The number of fused-ring (bicyclic) bond motifs is 1. The van der Waals surface area contributed by atoms with Crippen molar-refractivity contribution in [2.45, 2.75) is 20.8 Å². The van der Waals surface area contributed by atoms with Gasteiger partial charge in [0.15, 0.2) is 0 Å². The zero-order valence-electron chi connectivity index (χ0n) is 16.6. The number of rotatable bonds is 4. The Labute approximate surface area is 171 Å². The molecule has 0 fully saturated rings. The topological polar surface area (TPSA) is 111 Å². The highest BCUT2D eigenvalue weighted by Crippen LogP contribution is 2.30. The summed E-state index contributed by atoms with van der Waals surface area (Å²) in [6.07, 6.45) is 0. The third-order valence-corrected chi connectivity index (χ3v) is 4.93. The van der Waals surface area contributed by atoms with Crippen LogP contribution in [0.2, 0.25) is 0 Å². The molecule has 2 aromatic heterocycles. The number of nitrogens with one attached hydrogen (secondary N) is 1. The predicted molar refractivity (Wildman–Crippen MR) is 113 cm³/mol. The van der Waals surface area contributed by atoms with Crippen molar-refractivity contribution in [2.24, 2.45) is 0 Å². The smallest absolute Gasteiger partial charge is 0.270 e. The van der Waals surface area contributed by atoms with Gasteiger partial charge in [-0.15, -0.1) is 0 Å². The second-order valence-corrected chi connectivity index (χ2v) is 7.03. The Morgan fingerprint density at radius 1 is 1.07 bits per heavy atom. The number of nitrogens with zero attached hydrogens (tertiary/aromatic N) is 3. The van der Waals surface area contributed by atoms with E-state index in [0.717, 1.165) is 16.8 Å². The van der Waals surface area contributed by atoms with Gasteiger partial charge < -0.3 is 9.84 Å². The second-order valence-electron chi connectivity index (χ2n) is 7.03. The molecule has 0 saturated carbocycles. The van der Waals surface area contributed by atoms with Crippen molar-refractivity contribution < 1.29 is 14.2 Å². The molecule has 0 aliphatic carbocycles. The van der Waals surface area contributed by atoms with E-state index in [4.69, 9.17) is 4.52 Å². The fourth-order valence-electron chi connectivity index (χ4n) is 3.39. The van der Waals surface area contributed by atoms with E-state index in [1.165, 1.54) is 12.1 Å². The summed E-state index contributed by atoms with van der Waals surface area (Å²) in [4.78, 5) is 28.3. The van der Waals surface area contributed by atoms with Gasteiger partial charge in [0, 0.05) is 23.4 Å². The number of nitro benzene ring substituents is 1.